The van der Waals surface area contributed by atoms with Crippen molar-refractivity contribution >= 4 is 11.1 Å². The van der Waals surface area contributed by atoms with Gasteiger partial charge in [-0.05, 0) is 0 Å². The van der Waals surface area contributed by atoms with Crippen LogP contribution in [0, 0.1) is 0 Å². The molecule has 0 aliphatic carbocycles. The Morgan fingerprint density at radius 2 is 1.22 bits per heavy atom. The quantitative estimate of drug-likeness (QED) is 0.445. The highest BCUT2D eigenvalue weighted by molar-refractivity contribution is 7.79. The highest BCUT2D eigenvalue weighted by atomic mass is 32.2. The molecule has 0 saturated heterocycles. The standard InChI is InChI=1S/C6H5F9O2S/c7-3(8,1-2-18(16)17)4(9,10)5(11,12)6(13,14)15/h1-2H2,(H,16,17)/p-1/i1+1,2+1. The Morgan fingerprint density at radius 1 is 0.833 bits per heavy atom. The summed E-state index contributed by atoms with van der Waals surface area (Å²) < 4.78 is 129. The number of halogens is 9. The van der Waals surface area contributed by atoms with E-state index in [1.165, 1.54) is 0 Å². The summed E-state index contributed by atoms with van der Waals surface area (Å²) in [5, 5.41) is 0. The highest BCUT2D eigenvalue weighted by Crippen LogP contribution is 2.53. The largest absolute Gasteiger partial charge is 0.772 e. The summed E-state index contributed by atoms with van der Waals surface area (Å²) in [7, 11) is 0. The molecule has 12 heteroatoms. The molecule has 110 valence electrons. The van der Waals surface area contributed by atoms with Crippen molar-refractivity contribution < 1.29 is 48.3 Å². The minimum atomic E-state index is -6.98. The van der Waals surface area contributed by atoms with Gasteiger partial charge in [-0.3, -0.25) is 4.21 Å². The second-order valence-corrected chi connectivity index (χ2v) is 4.12. The predicted octanol–water partition coefficient (Wildman–Crippen LogP) is 2.72. The van der Waals surface area contributed by atoms with Gasteiger partial charge in [0.15, 0.2) is 0 Å². The van der Waals surface area contributed by atoms with Crippen LogP contribution >= 0.6 is 0 Å². The van der Waals surface area contributed by atoms with Crippen molar-refractivity contribution in [2.75, 3.05) is 5.75 Å². The first-order valence-corrected chi connectivity index (χ1v) is 5.17. The number of alkyl halides is 9. The van der Waals surface area contributed by atoms with Crippen molar-refractivity contribution in [3.8, 4) is 0 Å². The Labute approximate surface area is 96.4 Å². The van der Waals surface area contributed by atoms with Gasteiger partial charge in [0.25, 0.3) is 0 Å². The first-order chi connectivity index (χ1) is 7.67. The third-order valence-corrected chi connectivity index (χ3v) is 2.33. The smallest absolute Gasteiger partial charge is 0.460 e. The summed E-state index contributed by atoms with van der Waals surface area (Å²) in [6, 6.07) is 0. The predicted molar refractivity (Wildman–Crippen MR) is 39.3 cm³/mol. The summed E-state index contributed by atoms with van der Waals surface area (Å²) in [6.07, 6.45) is -9.25. The molecule has 0 amide bonds. The van der Waals surface area contributed by atoms with Gasteiger partial charge in [0.1, 0.15) is 0 Å². The third-order valence-electron chi connectivity index (χ3n) is 1.79. The molecule has 0 aliphatic rings. The van der Waals surface area contributed by atoms with E-state index in [1.807, 2.05) is 0 Å². The van der Waals surface area contributed by atoms with Crippen molar-refractivity contribution in [1.82, 2.24) is 0 Å². The van der Waals surface area contributed by atoms with Gasteiger partial charge >= 0.3 is 23.9 Å². The molecule has 2 nitrogen and oxygen atoms in total. The van der Waals surface area contributed by atoms with E-state index in [9.17, 15) is 48.3 Å². The Bertz CT molecular complexity index is 324. The zero-order valence-corrected chi connectivity index (χ0v) is 8.86. The molecule has 1 unspecified atom stereocenters. The lowest BCUT2D eigenvalue weighted by atomic mass is 10.1. The second kappa shape index (κ2) is 4.87. The van der Waals surface area contributed by atoms with Crippen LogP contribution in [0.15, 0.2) is 0 Å². The van der Waals surface area contributed by atoms with E-state index in [-0.39, 0.29) is 0 Å². The summed E-state index contributed by atoms with van der Waals surface area (Å²) in [5.41, 5.74) is 0. The fourth-order valence-electron chi connectivity index (χ4n) is 0.776. The van der Waals surface area contributed by atoms with Gasteiger partial charge in [0, 0.05) is 12.2 Å². The van der Waals surface area contributed by atoms with E-state index >= 15 is 0 Å². The third kappa shape index (κ3) is 3.08. The number of rotatable bonds is 5. The van der Waals surface area contributed by atoms with Gasteiger partial charge in [0.05, 0.1) is 0 Å². The van der Waals surface area contributed by atoms with Gasteiger partial charge in [0.2, 0.25) is 0 Å². The SMILES string of the molecule is O=S([O-])[13CH2][13CH2]C(F)(F)C(F)(F)C(F)(F)C(F)(F)F. The van der Waals surface area contributed by atoms with E-state index in [2.05, 4.69) is 0 Å². The summed E-state index contributed by atoms with van der Waals surface area (Å²) in [6.45, 7) is 0. The molecule has 0 N–H and O–H groups in total. The molecule has 0 aromatic rings. The van der Waals surface area contributed by atoms with E-state index < -0.39 is 47.2 Å². The van der Waals surface area contributed by atoms with Crippen LogP contribution in [0.4, 0.5) is 39.5 Å². The Hall–Kier alpha value is -0.520. The fourth-order valence-corrected chi connectivity index (χ4v) is 1.20. The maximum atomic E-state index is 12.6. The maximum absolute atomic E-state index is 12.6. The Morgan fingerprint density at radius 3 is 1.50 bits per heavy atom. The highest BCUT2D eigenvalue weighted by Gasteiger charge is 2.81. The zero-order valence-electron chi connectivity index (χ0n) is 8.04. The molecule has 0 bridgehead atoms. The van der Waals surface area contributed by atoms with Gasteiger partial charge in [-0.2, -0.15) is 39.5 Å². The van der Waals surface area contributed by atoms with Crippen LogP contribution in [-0.2, 0) is 11.1 Å². The average Bonchev–Trinajstić information content (AvgIpc) is 2.12. The van der Waals surface area contributed by atoms with Gasteiger partial charge in [-0.15, -0.1) is 0 Å². The van der Waals surface area contributed by atoms with Crippen LogP contribution in [0.25, 0.3) is 0 Å². The molecule has 18 heavy (non-hydrogen) atoms. The van der Waals surface area contributed by atoms with Crippen LogP contribution < -0.4 is 0 Å². The van der Waals surface area contributed by atoms with Gasteiger partial charge in [-0.25, -0.2) is 0 Å². The molecular weight excluding hydrogens is 309 g/mol. The van der Waals surface area contributed by atoms with Crippen molar-refractivity contribution in [3.63, 3.8) is 0 Å². The Balaban J connectivity index is 5.29. The van der Waals surface area contributed by atoms with Crippen LogP contribution in [0.3, 0.4) is 0 Å². The van der Waals surface area contributed by atoms with E-state index in [1.54, 1.807) is 0 Å². The van der Waals surface area contributed by atoms with Crippen LogP contribution in [-0.4, -0.2) is 38.5 Å². The number of hydrogen-bond donors (Lipinski definition) is 0. The van der Waals surface area contributed by atoms with Crippen LogP contribution in [0.5, 0.6) is 0 Å². The van der Waals surface area contributed by atoms with Gasteiger partial charge in [-0.1, -0.05) is 11.1 Å². The van der Waals surface area contributed by atoms with E-state index in [0.717, 1.165) is 0 Å². The molecule has 0 saturated carbocycles. The lowest BCUT2D eigenvalue weighted by Gasteiger charge is -2.33. The maximum Gasteiger partial charge on any atom is 0.460 e. The van der Waals surface area contributed by atoms with E-state index in [0.29, 0.717) is 0 Å². The molecule has 0 radical (unpaired) electrons. The molecule has 1 atom stereocenters. The monoisotopic (exact) mass is 313 g/mol. The fraction of sp³-hybridized carbons (Fsp3) is 1.00. The number of hydrogen-bond acceptors (Lipinski definition) is 2. The molecular formula is C6H4F9O2S-. The lowest BCUT2D eigenvalue weighted by molar-refractivity contribution is -0.396. The topological polar surface area (TPSA) is 40.1 Å². The summed E-state index contributed by atoms with van der Waals surface area (Å²) in [5.74, 6) is -21.2. The minimum Gasteiger partial charge on any atom is -0.772 e. The van der Waals surface area contributed by atoms with Crippen molar-refractivity contribution in [2.45, 2.75) is 30.4 Å². The molecule has 0 rings (SSSR count). The van der Waals surface area contributed by atoms with Crippen LogP contribution in [0.1, 0.15) is 6.42 Å². The average molecular weight is 313 g/mol. The van der Waals surface area contributed by atoms with Crippen LogP contribution in [0.2, 0.25) is 0 Å². The molecule has 0 fully saturated rings. The van der Waals surface area contributed by atoms with Crippen molar-refractivity contribution in [2.24, 2.45) is 0 Å². The zero-order chi connectivity index (χ0) is 15.0. The lowest BCUT2D eigenvalue weighted by Crippen LogP contribution is -2.61. The molecule has 0 spiro atoms. The summed E-state index contributed by atoms with van der Waals surface area (Å²) in [4.78, 5) is 0. The van der Waals surface area contributed by atoms with Crippen molar-refractivity contribution in [1.29, 1.82) is 0 Å². The molecule has 0 aliphatic heterocycles. The molecule has 0 aromatic carbocycles. The molecule has 0 aromatic heterocycles. The normalized spacial score (nSPS) is 16.8. The van der Waals surface area contributed by atoms with E-state index in [4.69, 9.17) is 0 Å². The minimum absolute atomic E-state index is 1.68. The first kappa shape index (κ1) is 17.5. The second-order valence-electron chi connectivity index (χ2n) is 3.11. The van der Waals surface area contributed by atoms with Crippen molar-refractivity contribution in [3.05, 3.63) is 0 Å². The Kier molecular flexibility index (Phi) is 4.73. The first-order valence-electron chi connectivity index (χ1n) is 3.93. The van der Waals surface area contributed by atoms with Gasteiger partial charge < -0.3 is 4.55 Å². The summed E-state index contributed by atoms with van der Waals surface area (Å²) >= 11 is -3.28. The molecule has 0 heterocycles.